The standard InChI is InChI=1S/C20H28F2N2O3Si/c1-7-26-19(25)17-18(22)23-13-24(17)16(14-8-10-15(21)11-9-14)12-27-28(5,6)20(2,3)4/h8-11,13,16H,7,12H2,1-6H3. The van der Waals surface area contributed by atoms with Crippen LogP contribution < -0.4 is 0 Å². The maximum Gasteiger partial charge on any atom is 0.359 e. The lowest BCUT2D eigenvalue weighted by atomic mass is 10.1. The third-order valence-electron chi connectivity index (χ3n) is 5.22. The van der Waals surface area contributed by atoms with Crippen molar-refractivity contribution in [2.75, 3.05) is 13.2 Å². The summed E-state index contributed by atoms with van der Waals surface area (Å²) in [5, 5.41) is -0.0233. The third-order valence-corrected chi connectivity index (χ3v) is 9.72. The number of nitrogens with zero attached hydrogens (tertiary/aromatic N) is 2. The van der Waals surface area contributed by atoms with E-state index < -0.39 is 26.3 Å². The van der Waals surface area contributed by atoms with Crippen LogP contribution in [0.3, 0.4) is 0 Å². The molecule has 0 saturated heterocycles. The van der Waals surface area contributed by atoms with Crippen molar-refractivity contribution in [3.63, 3.8) is 0 Å². The van der Waals surface area contributed by atoms with Crippen LogP contribution in [-0.2, 0) is 9.16 Å². The second kappa shape index (κ2) is 8.53. The fraction of sp³-hybridized carbons (Fsp3) is 0.500. The highest BCUT2D eigenvalue weighted by atomic mass is 28.4. The molecule has 28 heavy (non-hydrogen) atoms. The molecule has 0 fully saturated rings. The number of esters is 1. The molecule has 0 aliphatic carbocycles. The van der Waals surface area contributed by atoms with Crippen molar-refractivity contribution < 1.29 is 22.7 Å². The van der Waals surface area contributed by atoms with E-state index in [1.165, 1.54) is 23.0 Å². The van der Waals surface area contributed by atoms with Gasteiger partial charge in [-0.1, -0.05) is 32.9 Å². The number of hydrogen-bond acceptors (Lipinski definition) is 4. The lowest BCUT2D eigenvalue weighted by molar-refractivity contribution is 0.0504. The summed E-state index contributed by atoms with van der Waals surface area (Å²) in [6.45, 7) is 12.5. The molecule has 2 aromatic rings. The lowest BCUT2D eigenvalue weighted by Crippen LogP contribution is -2.42. The van der Waals surface area contributed by atoms with Crippen LogP contribution in [0, 0.1) is 11.8 Å². The van der Waals surface area contributed by atoms with Crippen LogP contribution in [-0.4, -0.2) is 37.1 Å². The Morgan fingerprint density at radius 2 is 1.82 bits per heavy atom. The van der Waals surface area contributed by atoms with Gasteiger partial charge in [-0.15, -0.1) is 0 Å². The van der Waals surface area contributed by atoms with Gasteiger partial charge in [0, 0.05) is 0 Å². The molecule has 1 aromatic heterocycles. The van der Waals surface area contributed by atoms with E-state index in [4.69, 9.17) is 9.16 Å². The first-order valence-electron chi connectivity index (χ1n) is 9.26. The number of carbonyl (C=O) groups is 1. The average molecular weight is 411 g/mol. The van der Waals surface area contributed by atoms with E-state index in [1.807, 2.05) is 0 Å². The summed E-state index contributed by atoms with van der Waals surface area (Å²) < 4.78 is 40.4. The number of carbonyl (C=O) groups excluding carboxylic acids is 1. The molecule has 0 spiro atoms. The molecule has 0 amide bonds. The molecule has 1 unspecified atom stereocenters. The molecule has 0 bridgehead atoms. The molecule has 0 radical (unpaired) electrons. The van der Waals surface area contributed by atoms with Crippen LogP contribution >= 0.6 is 0 Å². The van der Waals surface area contributed by atoms with Crippen molar-refractivity contribution in [2.45, 2.75) is 51.9 Å². The summed E-state index contributed by atoms with van der Waals surface area (Å²) in [5.41, 5.74) is 0.415. The van der Waals surface area contributed by atoms with Crippen LogP contribution in [0.1, 0.15) is 49.8 Å². The third kappa shape index (κ3) is 4.85. The van der Waals surface area contributed by atoms with E-state index in [9.17, 15) is 13.6 Å². The molecule has 2 rings (SSSR count). The van der Waals surface area contributed by atoms with Crippen molar-refractivity contribution in [3.8, 4) is 0 Å². The van der Waals surface area contributed by atoms with Gasteiger partial charge in [-0.05, 0) is 42.8 Å². The van der Waals surface area contributed by atoms with E-state index in [0.29, 0.717) is 5.56 Å². The minimum atomic E-state index is -2.12. The SMILES string of the molecule is CCOC(=O)c1c(F)ncn1C(CO[Si](C)(C)C(C)(C)C)c1ccc(F)cc1. The highest BCUT2D eigenvalue weighted by Crippen LogP contribution is 2.37. The van der Waals surface area contributed by atoms with Crippen LogP contribution in [0.4, 0.5) is 8.78 Å². The van der Waals surface area contributed by atoms with Gasteiger partial charge in [-0.25, -0.2) is 14.2 Å². The van der Waals surface area contributed by atoms with Gasteiger partial charge in [0.2, 0.25) is 5.95 Å². The Morgan fingerprint density at radius 3 is 2.36 bits per heavy atom. The molecule has 1 heterocycles. The van der Waals surface area contributed by atoms with Crippen molar-refractivity contribution >= 4 is 14.3 Å². The maximum atomic E-state index is 14.3. The van der Waals surface area contributed by atoms with Crippen LogP contribution in [0.2, 0.25) is 18.1 Å². The van der Waals surface area contributed by atoms with Gasteiger partial charge in [0.05, 0.1) is 25.6 Å². The Labute approximate surface area is 165 Å². The van der Waals surface area contributed by atoms with Gasteiger partial charge in [0.1, 0.15) is 5.82 Å². The van der Waals surface area contributed by atoms with E-state index in [2.05, 4.69) is 38.8 Å². The zero-order valence-corrected chi connectivity index (χ0v) is 18.3. The van der Waals surface area contributed by atoms with Crippen molar-refractivity contribution in [2.24, 2.45) is 0 Å². The predicted octanol–water partition coefficient (Wildman–Crippen LogP) is 4.95. The molecule has 5 nitrogen and oxygen atoms in total. The molecule has 8 heteroatoms. The topological polar surface area (TPSA) is 53.3 Å². The van der Waals surface area contributed by atoms with Gasteiger partial charge in [0.15, 0.2) is 14.0 Å². The molecular weight excluding hydrogens is 382 g/mol. The zero-order valence-electron chi connectivity index (χ0n) is 17.3. The molecule has 0 aliphatic heterocycles. The van der Waals surface area contributed by atoms with Crippen molar-refractivity contribution in [3.05, 3.63) is 53.6 Å². The summed E-state index contributed by atoms with van der Waals surface area (Å²) in [5.74, 6) is -2.08. The lowest BCUT2D eigenvalue weighted by Gasteiger charge is -2.37. The average Bonchev–Trinajstić information content (AvgIpc) is 2.97. The van der Waals surface area contributed by atoms with Crippen LogP contribution in [0.15, 0.2) is 30.6 Å². The van der Waals surface area contributed by atoms with Crippen molar-refractivity contribution in [1.29, 1.82) is 0 Å². The minimum Gasteiger partial charge on any atom is -0.461 e. The zero-order chi connectivity index (χ0) is 21.1. The smallest absolute Gasteiger partial charge is 0.359 e. The van der Waals surface area contributed by atoms with Crippen LogP contribution in [0.25, 0.3) is 0 Å². The molecule has 0 aliphatic rings. The number of imidazole rings is 1. The fourth-order valence-corrected chi connectivity index (χ4v) is 3.50. The summed E-state index contributed by atoms with van der Waals surface area (Å²) in [4.78, 5) is 15.9. The fourth-order valence-electron chi connectivity index (χ4n) is 2.49. The number of aromatic nitrogens is 2. The number of rotatable bonds is 7. The maximum absolute atomic E-state index is 14.3. The van der Waals surface area contributed by atoms with E-state index in [1.54, 1.807) is 19.1 Å². The number of hydrogen-bond donors (Lipinski definition) is 0. The largest absolute Gasteiger partial charge is 0.461 e. The molecule has 0 N–H and O–H groups in total. The highest BCUT2D eigenvalue weighted by Gasteiger charge is 2.38. The molecular formula is C20H28F2N2O3Si. The number of benzene rings is 1. The summed E-state index contributed by atoms with van der Waals surface area (Å²) >= 11 is 0. The molecule has 1 atom stereocenters. The first-order valence-corrected chi connectivity index (χ1v) is 12.2. The van der Waals surface area contributed by atoms with E-state index in [0.717, 1.165) is 0 Å². The Balaban J connectivity index is 2.46. The van der Waals surface area contributed by atoms with Gasteiger partial charge in [-0.2, -0.15) is 4.39 Å². The first-order chi connectivity index (χ1) is 13.0. The molecule has 1 aromatic carbocycles. The van der Waals surface area contributed by atoms with Gasteiger partial charge < -0.3 is 13.7 Å². The first kappa shape index (κ1) is 22.2. The summed E-state index contributed by atoms with van der Waals surface area (Å²) in [7, 11) is -2.12. The molecule has 0 saturated carbocycles. The quantitative estimate of drug-likeness (QED) is 0.479. The Kier molecular flexibility index (Phi) is 6.77. The van der Waals surface area contributed by atoms with Crippen LogP contribution in [0.5, 0.6) is 0 Å². The second-order valence-electron chi connectivity index (χ2n) is 8.15. The number of ether oxygens (including phenoxy) is 1. The van der Waals surface area contributed by atoms with Gasteiger partial charge >= 0.3 is 5.97 Å². The summed E-state index contributed by atoms with van der Waals surface area (Å²) in [6.07, 6.45) is 1.25. The van der Waals surface area contributed by atoms with E-state index >= 15 is 0 Å². The molecule has 154 valence electrons. The number of halogens is 2. The Morgan fingerprint density at radius 1 is 1.21 bits per heavy atom. The van der Waals surface area contributed by atoms with Gasteiger partial charge in [0.25, 0.3) is 0 Å². The monoisotopic (exact) mass is 410 g/mol. The highest BCUT2D eigenvalue weighted by molar-refractivity contribution is 6.74. The Hall–Kier alpha value is -2.06. The predicted molar refractivity (Wildman–Crippen MR) is 106 cm³/mol. The summed E-state index contributed by atoms with van der Waals surface area (Å²) in [6, 6.07) is 5.30. The van der Waals surface area contributed by atoms with E-state index in [-0.39, 0.29) is 29.8 Å². The second-order valence-corrected chi connectivity index (χ2v) is 13.0. The van der Waals surface area contributed by atoms with Crippen molar-refractivity contribution in [1.82, 2.24) is 9.55 Å². The minimum absolute atomic E-state index is 0.0233. The normalized spacial score (nSPS) is 13.4. The Bertz CT molecular complexity index is 814. The van der Waals surface area contributed by atoms with Gasteiger partial charge in [-0.3, -0.25) is 0 Å².